The van der Waals surface area contributed by atoms with Gasteiger partial charge in [0.25, 0.3) is 5.91 Å². The van der Waals surface area contributed by atoms with Crippen LogP contribution in [0.4, 0.5) is 36.8 Å². The van der Waals surface area contributed by atoms with Crippen LogP contribution in [0.5, 0.6) is 5.75 Å². The third-order valence-corrected chi connectivity index (χ3v) is 9.36. The summed E-state index contributed by atoms with van der Waals surface area (Å²) in [5.74, 6) is -1.40. The summed E-state index contributed by atoms with van der Waals surface area (Å²) in [6.07, 6.45) is -9.27. The van der Waals surface area contributed by atoms with Gasteiger partial charge in [0.05, 0.1) is 31.0 Å². The number of alkyl halides is 6. The fourth-order valence-electron chi connectivity index (χ4n) is 5.56. The van der Waals surface area contributed by atoms with Crippen LogP contribution in [0.15, 0.2) is 72.8 Å². The monoisotopic (exact) mass is 701 g/mol. The lowest BCUT2D eigenvalue weighted by Crippen LogP contribution is -2.47. The highest BCUT2D eigenvalue weighted by Crippen LogP contribution is 2.37. The second-order valence-electron chi connectivity index (χ2n) is 11.2. The fourth-order valence-corrected chi connectivity index (χ4v) is 6.77. The van der Waals surface area contributed by atoms with E-state index in [0.717, 1.165) is 4.31 Å². The SMILES string of the molecule is COC(=O)N(c1cccc(OC)c1)C1CCC(CN(Cc2ccccc2)S(=O)(=O)NC(=O)c2cc(C(F)(F)F)cc(C(F)(F)F)c2)CC1. The number of anilines is 1. The summed E-state index contributed by atoms with van der Waals surface area (Å²) < 4.78 is 120. The Morgan fingerprint density at radius 1 is 0.833 bits per heavy atom. The molecular weight excluding hydrogens is 668 g/mol. The third kappa shape index (κ3) is 9.18. The number of carbonyl (C=O) groups excluding carboxylic acids is 2. The second-order valence-corrected chi connectivity index (χ2v) is 12.9. The number of nitrogens with one attached hydrogen (secondary N) is 1. The summed E-state index contributed by atoms with van der Waals surface area (Å²) in [5.41, 5.74) is -3.57. The van der Waals surface area contributed by atoms with Crippen LogP contribution in [-0.4, -0.2) is 51.5 Å². The van der Waals surface area contributed by atoms with Crippen LogP contribution in [0.25, 0.3) is 0 Å². The van der Waals surface area contributed by atoms with E-state index < -0.39 is 51.3 Å². The van der Waals surface area contributed by atoms with Crippen LogP contribution in [-0.2, 0) is 33.8 Å². The van der Waals surface area contributed by atoms with Gasteiger partial charge in [0.2, 0.25) is 0 Å². The van der Waals surface area contributed by atoms with E-state index in [0.29, 0.717) is 42.7 Å². The topological polar surface area (TPSA) is 105 Å². The van der Waals surface area contributed by atoms with Gasteiger partial charge in [-0.25, -0.2) is 9.52 Å². The van der Waals surface area contributed by atoms with Gasteiger partial charge in [-0.05, 0) is 67.5 Å². The molecule has 0 saturated heterocycles. The molecule has 0 aliphatic heterocycles. The first-order valence-electron chi connectivity index (χ1n) is 14.7. The number of methoxy groups -OCH3 is 2. The van der Waals surface area contributed by atoms with Gasteiger partial charge in [0.15, 0.2) is 0 Å². The van der Waals surface area contributed by atoms with Crippen LogP contribution in [0, 0.1) is 5.92 Å². The molecule has 1 fully saturated rings. The van der Waals surface area contributed by atoms with Crippen molar-refractivity contribution in [3.8, 4) is 5.75 Å². The first-order chi connectivity index (χ1) is 22.5. The molecule has 0 spiro atoms. The number of carbonyl (C=O) groups is 2. The predicted molar refractivity (Wildman–Crippen MR) is 163 cm³/mol. The lowest BCUT2D eigenvalue weighted by molar-refractivity contribution is -0.143. The van der Waals surface area contributed by atoms with Gasteiger partial charge < -0.3 is 9.47 Å². The van der Waals surface area contributed by atoms with E-state index in [1.807, 2.05) is 0 Å². The molecule has 4 rings (SSSR count). The number of ether oxygens (including phenoxy) is 2. The number of hydrogen-bond donors (Lipinski definition) is 1. The van der Waals surface area contributed by atoms with Gasteiger partial charge in [-0.2, -0.15) is 39.1 Å². The molecule has 260 valence electrons. The van der Waals surface area contributed by atoms with Crippen molar-refractivity contribution in [2.75, 3.05) is 25.7 Å². The summed E-state index contributed by atoms with van der Waals surface area (Å²) in [6, 6.07) is 15.0. The highest BCUT2D eigenvalue weighted by atomic mass is 32.2. The Kier molecular flexibility index (Phi) is 11.3. The van der Waals surface area contributed by atoms with Gasteiger partial charge in [0, 0.05) is 30.8 Å². The van der Waals surface area contributed by atoms with Gasteiger partial charge in [-0.3, -0.25) is 9.69 Å². The van der Waals surface area contributed by atoms with Crippen molar-refractivity contribution in [1.82, 2.24) is 9.03 Å². The largest absolute Gasteiger partial charge is 0.497 e. The van der Waals surface area contributed by atoms with Crippen LogP contribution in [0.3, 0.4) is 0 Å². The van der Waals surface area contributed by atoms with Gasteiger partial charge >= 0.3 is 28.7 Å². The minimum atomic E-state index is -5.23. The molecule has 1 aliphatic carbocycles. The average Bonchev–Trinajstić information content (AvgIpc) is 3.04. The van der Waals surface area contributed by atoms with E-state index in [-0.39, 0.29) is 43.2 Å². The van der Waals surface area contributed by atoms with Crippen molar-refractivity contribution in [3.63, 3.8) is 0 Å². The predicted octanol–water partition coefficient (Wildman–Crippen LogP) is 7.04. The molecule has 1 N–H and O–H groups in total. The standard InChI is InChI=1S/C32H33F6N3O6S/c1-46-28-10-6-9-27(18-28)41(30(43)47-2)26-13-11-22(12-14-26)20-40(19-21-7-4-3-5-8-21)48(44,45)39-29(42)23-15-24(31(33,34)35)17-25(16-23)32(36,37)38/h3-10,15-18,22,26H,11-14,19-20H2,1-2H3,(H,39,42). The summed E-state index contributed by atoms with van der Waals surface area (Å²) in [7, 11) is -2.04. The number of amides is 2. The van der Waals surface area contributed by atoms with Crippen molar-refractivity contribution in [1.29, 1.82) is 0 Å². The zero-order valence-electron chi connectivity index (χ0n) is 25.8. The number of halogens is 6. The van der Waals surface area contributed by atoms with Crippen molar-refractivity contribution >= 4 is 27.9 Å². The molecule has 0 radical (unpaired) electrons. The number of hydrogen-bond acceptors (Lipinski definition) is 6. The molecule has 0 aromatic heterocycles. The summed E-state index contributed by atoms with van der Waals surface area (Å²) in [5, 5.41) is 0. The molecule has 16 heteroatoms. The van der Waals surface area contributed by atoms with E-state index in [4.69, 9.17) is 9.47 Å². The van der Waals surface area contributed by atoms with E-state index in [1.165, 1.54) is 19.1 Å². The van der Waals surface area contributed by atoms with Crippen molar-refractivity contribution < 1.29 is 53.8 Å². The maximum absolute atomic E-state index is 13.6. The quantitative estimate of drug-likeness (QED) is 0.228. The molecule has 1 aliphatic rings. The number of rotatable bonds is 10. The number of nitrogens with zero attached hydrogens (tertiary/aromatic N) is 2. The minimum absolute atomic E-state index is 0.127. The minimum Gasteiger partial charge on any atom is -0.497 e. The molecule has 0 atom stereocenters. The molecule has 2 amide bonds. The van der Waals surface area contributed by atoms with Crippen molar-refractivity contribution in [2.45, 2.75) is 50.6 Å². The normalized spacial score (nSPS) is 17.1. The van der Waals surface area contributed by atoms with E-state index >= 15 is 0 Å². The maximum Gasteiger partial charge on any atom is 0.416 e. The zero-order chi connectivity index (χ0) is 35.3. The van der Waals surface area contributed by atoms with Gasteiger partial charge in [-0.15, -0.1) is 0 Å². The Balaban J connectivity index is 1.56. The molecule has 9 nitrogen and oxygen atoms in total. The van der Waals surface area contributed by atoms with Crippen molar-refractivity contribution in [2.24, 2.45) is 5.92 Å². The van der Waals surface area contributed by atoms with E-state index in [1.54, 1.807) is 59.3 Å². The molecule has 0 unspecified atom stereocenters. The second kappa shape index (κ2) is 14.8. The molecule has 0 bridgehead atoms. The molecular formula is C32H33F6N3O6S. The van der Waals surface area contributed by atoms with E-state index in [9.17, 15) is 44.3 Å². The molecule has 48 heavy (non-hydrogen) atoms. The van der Waals surface area contributed by atoms with Crippen molar-refractivity contribution in [3.05, 3.63) is 95.1 Å². The molecule has 3 aromatic rings. The Morgan fingerprint density at radius 2 is 1.44 bits per heavy atom. The first-order valence-corrected chi connectivity index (χ1v) is 16.1. The van der Waals surface area contributed by atoms with Crippen LogP contribution in [0.1, 0.15) is 52.7 Å². The smallest absolute Gasteiger partial charge is 0.416 e. The average molecular weight is 702 g/mol. The van der Waals surface area contributed by atoms with Gasteiger partial charge in [0.1, 0.15) is 5.75 Å². The Bertz CT molecular complexity index is 1660. The summed E-state index contributed by atoms with van der Waals surface area (Å²) >= 11 is 0. The lowest BCUT2D eigenvalue weighted by Gasteiger charge is -2.37. The van der Waals surface area contributed by atoms with E-state index in [2.05, 4.69) is 0 Å². The van der Waals surface area contributed by atoms with Crippen LogP contribution < -0.4 is 14.4 Å². The Hall–Kier alpha value is -4.31. The van der Waals surface area contributed by atoms with Gasteiger partial charge in [-0.1, -0.05) is 36.4 Å². The highest BCUT2D eigenvalue weighted by molar-refractivity contribution is 7.87. The number of benzene rings is 3. The first kappa shape index (κ1) is 36.5. The molecule has 0 heterocycles. The maximum atomic E-state index is 13.6. The zero-order valence-corrected chi connectivity index (χ0v) is 26.7. The van der Waals surface area contributed by atoms with Crippen LogP contribution in [0.2, 0.25) is 0 Å². The highest BCUT2D eigenvalue weighted by Gasteiger charge is 2.39. The Labute approximate surface area is 273 Å². The molecule has 3 aromatic carbocycles. The third-order valence-electron chi connectivity index (χ3n) is 7.96. The fraction of sp³-hybridized carbons (Fsp3) is 0.375. The Morgan fingerprint density at radius 3 is 1.98 bits per heavy atom. The van der Waals surface area contributed by atoms with Crippen LogP contribution >= 0.6 is 0 Å². The molecule has 1 saturated carbocycles. The summed E-state index contributed by atoms with van der Waals surface area (Å²) in [6.45, 7) is -0.365. The lowest BCUT2D eigenvalue weighted by atomic mass is 9.85. The summed E-state index contributed by atoms with van der Waals surface area (Å²) in [4.78, 5) is 27.2.